The highest BCUT2D eigenvalue weighted by molar-refractivity contribution is 6.23. The van der Waals surface area contributed by atoms with Gasteiger partial charge in [-0.15, -0.1) is 0 Å². The van der Waals surface area contributed by atoms with Crippen molar-refractivity contribution < 1.29 is 24.9 Å². The molecule has 0 aliphatic carbocycles. The van der Waals surface area contributed by atoms with Crippen molar-refractivity contribution in [2.45, 2.75) is 13.0 Å². The van der Waals surface area contributed by atoms with Crippen molar-refractivity contribution >= 4 is 12.1 Å². The number of hydrogen-bond acceptors (Lipinski definition) is 5. The van der Waals surface area contributed by atoms with E-state index in [-0.39, 0.29) is 19.5 Å². The molecule has 5 nitrogen and oxygen atoms in total. The van der Waals surface area contributed by atoms with Crippen molar-refractivity contribution in [3.05, 3.63) is 0 Å². The van der Waals surface area contributed by atoms with Crippen molar-refractivity contribution in [3.63, 3.8) is 0 Å². The van der Waals surface area contributed by atoms with E-state index in [1.54, 1.807) is 0 Å². The molecule has 0 saturated heterocycles. The average molecular weight is 164 g/mol. The molecule has 0 rings (SSSR count). The molecule has 66 valence electrons. The zero-order chi connectivity index (χ0) is 9.28. The zero-order valence-corrected chi connectivity index (χ0v) is 6.23. The van der Waals surface area contributed by atoms with Gasteiger partial charge in [-0.3, -0.25) is 9.59 Å². The molecule has 0 bridgehead atoms. The van der Waals surface area contributed by atoms with Crippen LogP contribution in [0.3, 0.4) is 0 Å². The van der Waals surface area contributed by atoms with E-state index < -0.39 is 11.9 Å². The number of ketones is 1. The first-order valence-corrected chi connectivity index (χ1v) is 2.94. The van der Waals surface area contributed by atoms with Crippen LogP contribution >= 0.6 is 0 Å². The van der Waals surface area contributed by atoms with Crippen LogP contribution in [-0.2, 0) is 9.59 Å². The maximum absolute atomic E-state index is 9.44. The number of hydrogen-bond donors (Lipinski definition) is 3. The van der Waals surface area contributed by atoms with E-state index in [0.717, 1.165) is 0 Å². The number of carbonyl (C=O) groups excluding carboxylic acids is 2. The summed E-state index contributed by atoms with van der Waals surface area (Å²) in [5.41, 5.74) is 0. The molecule has 0 atom stereocenters. The van der Waals surface area contributed by atoms with Gasteiger partial charge in [-0.2, -0.15) is 0 Å². The lowest BCUT2D eigenvalue weighted by Gasteiger charge is -1.96. The van der Waals surface area contributed by atoms with Gasteiger partial charge in [0.1, 0.15) is 6.10 Å². The molecular formula is C6H12O5. The van der Waals surface area contributed by atoms with E-state index >= 15 is 0 Å². The first kappa shape index (κ1) is 12.9. The molecule has 0 aromatic carbocycles. The van der Waals surface area contributed by atoms with E-state index in [4.69, 9.17) is 20.1 Å². The molecule has 0 spiro atoms. The second-order valence-electron chi connectivity index (χ2n) is 1.75. The molecule has 0 aliphatic heterocycles. The van der Waals surface area contributed by atoms with Gasteiger partial charge >= 0.3 is 0 Å². The molecular weight excluding hydrogens is 152 g/mol. The SMILES string of the molecule is CC(=O)C=O.OCC(O)CO. The van der Waals surface area contributed by atoms with Crippen LogP contribution in [0, 0.1) is 0 Å². The lowest BCUT2D eigenvalue weighted by molar-refractivity contribution is -0.128. The van der Waals surface area contributed by atoms with Crippen LogP contribution in [0.15, 0.2) is 0 Å². The highest BCUT2D eigenvalue weighted by atomic mass is 16.3. The van der Waals surface area contributed by atoms with Gasteiger partial charge in [0.15, 0.2) is 12.1 Å². The lowest BCUT2D eigenvalue weighted by Crippen LogP contribution is -2.15. The minimum Gasteiger partial charge on any atom is -0.394 e. The predicted octanol–water partition coefficient (Wildman–Crippen LogP) is -1.89. The van der Waals surface area contributed by atoms with Gasteiger partial charge in [-0.05, 0) is 0 Å². The Bertz CT molecular complexity index is 108. The Morgan fingerprint density at radius 1 is 1.45 bits per heavy atom. The Kier molecular flexibility index (Phi) is 10.8. The van der Waals surface area contributed by atoms with Gasteiger partial charge in [-0.1, -0.05) is 0 Å². The number of carbonyl (C=O) groups is 2. The Morgan fingerprint density at radius 3 is 1.73 bits per heavy atom. The number of aliphatic hydroxyl groups is 3. The van der Waals surface area contributed by atoms with Crippen LogP contribution in [0.25, 0.3) is 0 Å². The summed E-state index contributed by atoms with van der Waals surface area (Å²) >= 11 is 0. The molecule has 0 heterocycles. The summed E-state index contributed by atoms with van der Waals surface area (Å²) < 4.78 is 0. The molecule has 0 aliphatic rings. The summed E-state index contributed by atoms with van der Waals surface area (Å²) in [4.78, 5) is 18.6. The third kappa shape index (κ3) is 17.6. The highest BCUT2D eigenvalue weighted by Gasteiger charge is 1.93. The fourth-order valence-electron chi connectivity index (χ4n) is 0.0577. The van der Waals surface area contributed by atoms with Gasteiger partial charge in [0.05, 0.1) is 13.2 Å². The van der Waals surface area contributed by atoms with Gasteiger partial charge in [0.2, 0.25) is 0 Å². The second kappa shape index (κ2) is 9.22. The summed E-state index contributed by atoms with van der Waals surface area (Å²) in [7, 11) is 0. The summed E-state index contributed by atoms with van der Waals surface area (Å²) in [6, 6.07) is 0. The maximum Gasteiger partial charge on any atom is 0.192 e. The molecule has 0 unspecified atom stereocenters. The largest absolute Gasteiger partial charge is 0.394 e. The molecule has 0 fully saturated rings. The fraction of sp³-hybridized carbons (Fsp3) is 0.667. The Labute approximate surface area is 64.3 Å². The summed E-state index contributed by atoms with van der Waals surface area (Å²) in [5.74, 6) is -0.426. The highest BCUT2D eigenvalue weighted by Crippen LogP contribution is 1.71. The Hall–Kier alpha value is -0.780. The quantitative estimate of drug-likeness (QED) is 0.335. The molecule has 3 N–H and O–H groups in total. The van der Waals surface area contributed by atoms with E-state index in [2.05, 4.69) is 0 Å². The van der Waals surface area contributed by atoms with Crippen LogP contribution in [0.2, 0.25) is 0 Å². The standard InChI is InChI=1S/C3H8O3.C3H4O2/c4-1-3(6)2-5;1-3(5)2-4/h3-6H,1-2H2;2H,1H3. The van der Waals surface area contributed by atoms with E-state index in [0.29, 0.717) is 0 Å². The van der Waals surface area contributed by atoms with E-state index in [9.17, 15) is 4.79 Å². The van der Waals surface area contributed by atoms with Gasteiger partial charge in [0, 0.05) is 6.92 Å². The van der Waals surface area contributed by atoms with Crippen LogP contribution in [-0.4, -0.2) is 46.7 Å². The third-order valence-corrected chi connectivity index (χ3v) is 0.587. The minimum atomic E-state index is -0.954. The second-order valence-corrected chi connectivity index (χ2v) is 1.75. The molecule has 0 radical (unpaired) electrons. The molecule has 0 aromatic rings. The van der Waals surface area contributed by atoms with Crippen LogP contribution in [0.5, 0.6) is 0 Å². The number of Topliss-reactive ketones (excluding diaryl/α,β-unsaturated/α-hetero) is 1. The number of aliphatic hydroxyl groups excluding tert-OH is 3. The minimum absolute atomic E-state index is 0.278. The van der Waals surface area contributed by atoms with Crippen LogP contribution in [0.4, 0.5) is 0 Å². The first-order valence-electron chi connectivity index (χ1n) is 2.94. The molecule has 0 amide bonds. The molecule has 5 heteroatoms. The van der Waals surface area contributed by atoms with Crippen molar-refractivity contribution in [1.82, 2.24) is 0 Å². The normalized spacial score (nSPS) is 8.45. The first-order chi connectivity index (χ1) is 5.08. The third-order valence-electron chi connectivity index (χ3n) is 0.587. The zero-order valence-electron chi connectivity index (χ0n) is 6.23. The Balaban J connectivity index is 0. The summed E-state index contributed by atoms with van der Waals surface area (Å²) in [6.45, 7) is 0.486. The van der Waals surface area contributed by atoms with Crippen molar-refractivity contribution in [1.29, 1.82) is 0 Å². The van der Waals surface area contributed by atoms with Crippen molar-refractivity contribution in [2.24, 2.45) is 0 Å². The summed E-state index contributed by atoms with van der Waals surface area (Å²) in [6.07, 6.45) is -0.676. The van der Waals surface area contributed by atoms with E-state index in [1.807, 2.05) is 0 Å². The van der Waals surface area contributed by atoms with Crippen LogP contribution < -0.4 is 0 Å². The van der Waals surface area contributed by atoms with Gasteiger partial charge in [-0.25, -0.2) is 0 Å². The topological polar surface area (TPSA) is 94.8 Å². The molecule has 0 aromatic heterocycles. The van der Waals surface area contributed by atoms with Gasteiger partial charge in [0.25, 0.3) is 0 Å². The smallest absolute Gasteiger partial charge is 0.192 e. The number of aldehydes is 1. The van der Waals surface area contributed by atoms with E-state index in [1.165, 1.54) is 6.92 Å². The van der Waals surface area contributed by atoms with Crippen LogP contribution in [0.1, 0.15) is 6.92 Å². The molecule has 11 heavy (non-hydrogen) atoms. The average Bonchev–Trinajstić information content (AvgIpc) is 2.04. The number of rotatable bonds is 3. The monoisotopic (exact) mass is 164 g/mol. The predicted molar refractivity (Wildman–Crippen MR) is 36.9 cm³/mol. The lowest BCUT2D eigenvalue weighted by atomic mass is 10.4. The fourth-order valence-corrected chi connectivity index (χ4v) is 0.0577. The molecule has 0 saturated carbocycles. The van der Waals surface area contributed by atoms with Crippen molar-refractivity contribution in [3.8, 4) is 0 Å². The maximum atomic E-state index is 9.44. The van der Waals surface area contributed by atoms with Crippen molar-refractivity contribution in [2.75, 3.05) is 13.2 Å². The van der Waals surface area contributed by atoms with Gasteiger partial charge < -0.3 is 15.3 Å². The summed E-state index contributed by atoms with van der Waals surface area (Å²) in [5, 5.41) is 24.0. The Morgan fingerprint density at radius 2 is 1.73 bits per heavy atom.